The molecule has 0 heterocycles. The zero-order chi connectivity index (χ0) is 13.5. The van der Waals surface area contributed by atoms with Gasteiger partial charge in [-0.1, -0.05) is 31.5 Å². The maximum atomic E-state index is 11.8. The van der Waals surface area contributed by atoms with E-state index in [2.05, 4.69) is 24.1 Å². The molecule has 0 spiro atoms. The van der Waals surface area contributed by atoms with E-state index in [9.17, 15) is 4.79 Å². The Morgan fingerprint density at radius 3 is 2.44 bits per heavy atom. The second-order valence-electron chi connectivity index (χ2n) is 5.33. The molecule has 1 aromatic carbocycles. The molecule has 3 nitrogen and oxygen atoms in total. The van der Waals surface area contributed by atoms with Gasteiger partial charge in [0, 0.05) is 5.69 Å². The zero-order valence-corrected chi connectivity index (χ0v) is 11.9. The maximum Gasteiger partial charge on any atom is 0.238 e. The van der Waals surface area contributed by atoms with E-state index in [0.29, 0.717) is 12.5 Å². The number of rotatable bonds is 6. The molecule has 1 amide bonds. The standard InChI is InChI=1S/C15H24N2O/c1-12(2)9-10-17(4)11-15(18)16-14-7-5-13(3)6-8-14/h5-8,12H,9-11H2,1-4H3,(H,16,18). The molecule has 0 bridgehead atoms. The van der Waals surface area contributed by atoms with Crippen LogP contribution < -0.4 is 5.32 Å². The van der Waals surface area contributed by atoms with Crippen molar-refractivity contribution in [3.05, 3.63) is 29.8 Å². The average Bonchev–Trinajstić information content (AvgIpc) is 2.29. The normalized spacial score (nSPS) is 11.0. The van der Waals surface area contributed by atoms with Gasteiger partial charge in [0.25, 0.3) is 0 Å². The summed E-state index contributed by atoms with van der Waals surface area (Å²) in [5.74, 6) is 0.720. The highest BCUT2D eigenvalue weighted by atomic mass is 16.2. The number of nitrogens with zero attached hydrogens (tertiary/aromatic N) is 1. The lowest BCUT2D eigenvalue weighted by molar-refractivity contribution is -0.117. The Balaban J connectivity index is 2.34. The predicted octanol–water partition coefficient (Wildman–Crippen LogP) is 2.91. The van der Waals surface area contributed by atoms with Gasteiger partial charge in [0.1, 0.15) is 0 Å². The van der Waals surface area contributed by atoms with Crippen molar-refractivity contribution in [2.75, 3.05) is 25.5 Å². The highest BCUT2D eigenvalue weighted by molar-refractivity contribution is 5.92. The number of hydrogen-bond donors (Lipinski definition) is 1. The fourth-order valence-corrected chi connectivity index (χ4v) is 1.64. The predicted molar refractivity (Wildman–Crippen MR) is 76.8 cm³/mol. The molecule has 0 radical (unpaired) electrons. The molecule has 0 unspecified atom stereocenters. The monoisotopic (exact) mass is 248 g/mol. The van der Waals surface area contributed by atoms with Crippen LogP contribution in [-0.4, -0.2) is 30.9 Å². The molecule has 0 fully saturated rings. The fraction of sp³-hybridized carbons (Fsp3) is 0.533. The molecule has 0 aliphatic carbocycles. The smallest absolute Gasteiger partial charge is 0.238 e. The SMILES string of the molecule is Cc1ccc(NC(=O)CN(C)CCC(C)C)cc1. The molecular formula is C15H24N2O. The van der Waals surface area contributed by atoms with Crippen LogP contribution in [0, 0.1) is 12.8 Å². The third-order valence-electron chi connectivity index (χ3n) is 2.84. The molecule has 0 aliphatic heterocycles. The molecule has 1 aromatic rings. The van der Waals surface area contributed by atoms with Gasteiger partial charge in [0.2, 0.25) is 5.91 Å². The van der Waals surface area contributed by atoms with E-state index in [-0.39, 0.29) is 5.91 Å². The summed E-state index contributed by atoms with van der Waals surface area (Å²) in [7, 11) is 1.98. The molecule has 0 atom stereocenters. The van der Waals surface area contributed by atoms with Crippen LogP contribution in [0.2, 0.25) is 0 Å². The minimum absolute atomic E-state index is 0.0464. The molecule has 0 aromatic heterocycles. The summed E-state index contributed by atoms with van der Waals surface area (Å²) in [5, 5.41) is 2.91. The van der Waals surface area contributed by atoms with Crippen molar-refractivity contribution in [3.63, 3.8) is 0 Å². The quantitative estimate of drug-likeness (QED) is 0.839. The number of hydrogen-bond acceptors (Lipinski definition) is 2. The molecule has 0 saturated carbocycles. The largest absolute Gasteiger partial charge is 0.325 e. The number of amides is 1. The first-order valence-electron chi connectivity index (χ1n) is 6.52. The van der Waals surface area contributed by atoms with E-state index in [1.54, 1.807) is 0 Å². The number of carbonyl (C=O) groups is 1. The fourth-order valence-electron chi connectivity index (χ4n) is 1.64. The van der Waals surface area contributed by atoms with Gasteiger partial charge in [-0.25, -0.2) is 0 Å². The highest BCUT2D eigenvalue weighted by Gasteiger charge is 2.07. The summed E-state index contributed by atoms with van der Waals surface area (Å²) in [4.78, 5) is 13.9. The van der Waals surface area contributed by atoms with Crippen molar-refractivity contribution >= 4 is 11.6 Å². The van der Waals surface area contributed by atoms with Gasteiger partial charge in [-0.05, 0) is 45.0 Å². The van der Waals surface area contributed by atoms with Crippen molar-refractivity contribution in [2.45, 2.75) is 27.2 Å². The summed E-state index contributed by atoms with van der Waals surface area (Å²) < 4.78 is 0. The number of anilines is 1. The van der Waals surface area contributed by atoms with E-state index >= 15 is 0 Å². The number of benzene rings is 1. The Bertz CT molecular complexity index is 371. The van der Waals surface area contributed by atoms with Crippen LogP contribution in [0.5, 0.6) is 0 Å². The average molecular weight is 248 g/mol. The maximum absolute atomic E-state index is 11.8. The zero-order valence-electron chi connectivity index (χ0n) is 11.9. The molecule has 18 heavy (non-hydrogen) atoms. The lowest BCUT2D eigenvalue weighted by atomic mass is 10.1. The van der Waals surface area contributed by atoms with Gasteiger partial charge >= 0.3 is 0 Å². The van der Waals surface area contributed by atoms with Crippen molar-refractivity contribution < 1.29 is 4.79 Å². The first kappa shape index (κ1) is 14.7. The summed E-state index contributed by atoms with van der Waals surface area (Å²) in [6, 6.07) is 7.86. The van der Waals surface area contributed by atoms with Crippen LogP contribution in [0.4, 0.5) is 5.69 Å². The lowest BCUT2D eigenvalue weighted by Gasteiger charge is -2.17. The number of carbonyl (C=O) groups excluding carboxylic acids is 1. The molecule has 0 saturated heterocycles. The van der Waals surface area contributed by atoms with Gasteiger partial charge < -0.3 is 5.32 Å². The second kappa shape index (κ2) is 7.17. The third-order valence-corrected chi connectivity index (χ3v) is 2.84. The number of aryl methyl sites for hydroxylation is 1. The second-order valence-corrected chi connectivity index (χ2v) is 5.33. The minimum Gasteiger partial charge on any atom is -0.325 e. The summed E-state index contributed by atoms with van der Waals surface area (Å²) in [6.07, 6.45) is 1.12. The third kappa shape index (κ3) is 5.82. The van der Waals surface area contributed by atoms with E-state index in [1.165, 1.54) is 5.56 Å². The van der Waals surface area contributed by atoms with Crippen LogP contribution >= 0.6 is 0 Å². The molecular weight excluding hydrogens is 224 g/mol. The first-order valence-corrected chi connectivity index (χ1v) is 6.52. The van der Waals surface area contributed by atoms with Gasteiger partial charge in [-0.2, -0.15) is 0 Å². The van der Waals surface area contributed by atoms with Gasteiger partial charge in [0.05, 0.1) is 6.54 Å². The molecule has 3 heteroatoms. The minimum atomic E-state index is 0.0464. The summed E-state index contributed by atoms with van der Waals surface area (Å²) in [6.45, 7) is 7.82. The Labute approximate surface area is 110 Å². The van der Waals surface area contributed by atoms with E-state index in [1.807, 2.05) is 38.2 Å². The van der Waals surface area contributed by atoms with Crippen molar-refractivity contribution in [1.29, 1.82) is 0 Å². The highest BCUT2D eigenvalue weighted by Crippen LogP contribution is 2.08. The van der Waals surface area contributed by atoms with Crippen LogP contribution in [-0.2, 0) is 4.79 Å². The molecule has 1 N–H and O–H groups in total. The first-order chi connectivity index (χ1) is 8.47. The Morgan fingerprint density at radius 1 is 1.28 bits per heavy atom. The Morgan fingerprint density at radius 2 is 1.89 bits per heavy atom. The number of nitrogens with one attached hydrogen (secondary N) is 1. The van der Waals surface area contributed by atoms with Crippen molar-refractivity contribution in [2.24, 2.45) is 5.92 Å². The van der Waals surface area contributed by atoms with E-state index in [4.69, 9.17) is 0 Å². The summed E-state index contributed by atoms with van der Waals surface area (Å²) >= 11 is 0. The van der Waals surface area contributed by atoms with E-state index in [0.717, 1.165) is 18.7 Å². The van der Waals surface area contributed by atoms with Crippen LogP contribution in [0.1, 0.15) is 25.8 Å². The van der Waals surface area contributed by atoms with Gasteiger partial charge in [-0.3, -0.25) is 9.69 Å². The van der Waals surface area contributed by atoms with Crippen molar-refractivity contribution in [1.82, 2.24) is 4.90 Å². The summed E-state index contributed by atoms with van der Waals surface area (Å²) in [5.41, 5.74) is 2.06. The topological polar surface area (TPSA) is 32.3 Å². The Kier molecular flexibility index (Phi) is 5.86. The molecule has 1 rings (SSSR count). The molecule has 100 valence electrons. The molecule has 0 aliphatic rings. The van der Waals surface area contributed by atoms with Gasteiger partial charge in [0.15, 0.2) is 0 Å². The van der Waals surface area contributed by atoms with E-state index < -0.39 is 0 Å². The number of likely N-dealkylation sites (N-methyl/N-ethyl adjacent to an activating group) is 1. The van der Waals surface area contributed by atoms with Crippen LogP contribution in [0.25, 0.3) is 0 Å². The van der Waals surface area contributed by atoms with Crippen LogP contribution in [0.3, 0.4) is 0 Å². The lowest BCUT2D eigenvalue weighted by Crippen LogP contribution is -2.31. The van der Waals surface area contributed by atoms with Crippen LogP contribution in [0.15, 0.2) is 24.3 Å². The van der Waals surface area contributed by atoms with Gasteiger partial charge in [-0.15, -0.1) is 0 Å². The van der Waals surface area contributed by atoms with Crippen molar-refractivity contribution in [3.8, 4) is 0 Å². The Hall–Kier alpha value is -1.35.